The number of esters is 1. The second-order valence-corrected chi connectivity index (χ2v) is 20.4. The maximum atomic E-state index is 14.5. The topological polar surface area (TPSA) is 230 Å². The first-order valence-corrected chi connectivity index (χ1v) is 23.3. The van der Waals surface area contributed by atoms with E-state index >= 15 is 0 Å². The summed E-state index contributed by atoms with van der Waals surface area (Å²) in [5, 5.41) is 17.2. The number of hydrogen-bond acceptors (Lipinski definition) is 16. The number of carbonyl (C=O) groups is 4. The molecular formula is C41H61N5O13S2. The Balaban J connectivity index is 1.45. The maximum Gasteiger partial charge on any atom is 0.408 e. The van der Waals surface area contributed by atoms with Gasteiger partial charge in [-0.3, -0.25) is 9.59 Å². The molecule has 61 heavy (non-hydrogen) atoms. The van der Waals surface area contributed by atoms with Crippen LogP contribution in [0.2, 0.25) is 0 Å². The van der Waals surface area contributed by atoms with E-state index in [2.05, 4.69) is 20.3 Å². The predicted molar refractivity (Wildman–Crippen MR) is 222 cm³/mol. The fourth-order valence-electron chi connectivity index (χ4n) is 9.63. The average Bonchev–Trinajstić information content (AvgIpc) is 3.79. The molecule has 6 rings (SSSR count). The number of hydrogen-bond donors (Lipinski definition) is 4. The van der Waals surface area contributed by atoms with Crippen LogP contribution in [0.1, 0.15) is 74.7 Å². The first-order chi connectivity index (χ1) is 28.6. The SMILES string of the molecule is CC[C@H]1OC(=O)[C@H](C)[C@H]2OCC(NS(=O)(=O)c3ccc4ncsc4c3)CNC(=O)O[C@](C)(C[C@@H](C)C(=O)[C@H](C)[C@@H]3NC(=O)O[C@]13C)[C@H](O[C@@H]1O[C@H](C)C[C@H](N(C)C)[C@H]1O)[C@H]2C. The van der Waals surface area contributed by atoms with Gasteiger partial charge >= 0.3 is 18.2 Å². The van der Waals surface area contributed by atoms with Crippen LogP contribution < -0.4 is 15.4 Å². The Bertz CT molecular complexity index is 2050. The molecule has 4 fully saturated rings. The predicted octanol–water partition coefficient (Wildman–Crippen LogP) is 3.34. The number of ether oxygens (including phenoxy) is 6. The highest BCUT2D eigenvalue weighted by Crippen LogP contribution is 2.42. The van der Waals surface area contributed by atoms with Crippen molar-refractivity contribution in [3.05, 3.63) is 23.7 Å². The Morgan fingerprint density at radius 3 is 2.46 bits per heavy atom. The first-order valence-electron chi connectivity index (χ1n) is 20.9. The lowest BCUT2D eigenvalue weighted by molar-refractivity contribution is -0.299. The number of alkyl carbamates (subject to hydrolysis) is 2. The number of aliphatic hydroxyl groups is 1. The molecule has 4 aliphatic heterocycles. The number of fused-ring (bicyclic) bond motifs is 5. The minimum Gasteiger partial charge on any atom is -0.458 e. The summed E-state index contributed by atoms with van der Waals surface area (Å²) in [6, 6.07) is 2.17. The van der Waals surface area contributed by atoms with E-state index in [1.165, 1.54) is 23.5 Å². The zero-order valence-electron chi connectivity index (χ0n) is 36.4. The van der Waals surface area contributed by atoms with Gasteiger partial charge in [-0.1, -0.05) is 27.7 Å². The zero-order chi connectivity index (χ0) is 44.8. The number of carbonyl (C=O) groups excluding carboxylic acids is 4. The second kappa shape index (κ2) is 18.3. The van der Waals surface area contributed by atoms with Crippen LogP contribution in [-0.4, -0.2) is 141 Å². The molecule has 1 unspecified atom stereocenters. The minimum atomic E-state index is -4.21. The van der Waals surface area contributed by atoms with E-state index in [0.29, 0.717) is 16.6 Å². The van der Waals surface area contributed by atoms with Gasteiger partial charge in [0.25, 0.3) is 0 Å². The van der Waals surface area contributed by atoms with E-state index in [-0.39, 0.29) is 48.8 Å². The van der Waals surface area contributed by atoms with Crippen molar-refractivity contribution in [1.29, 1.82) is 0 Å². The summed E-state index contributed by atoms with van der Waals surface area (Å²) in [4.78, 5) is 62.0. The number of nitrogens with one attached hydrogen (secondary N) is 3. The molecule has 18 nitrogen and oxygen atoms in total. The van der Waals surface area contributed by atoms with Gasteiger partial charge in [0.15, 0.2) is 11.9 Å². The number of rotatable bonds is 7. The highest BCUT2D eigenvalue weighted by Gasteiger charge is 2.58. The van der Waals surface area contributed by atoms with E-state index in [9.17, 15) is 32.7 Å². The van der Waals surface area contributed by atoms with Crippen LogP contribution >= 0.6 is 11.3 Å². The van der Waals surface area contributed by atoms with Crippen LogP contribution in [0.3, 0.4) is 0 Å². The number of thiazole rings is 1. The second-order valence-electron chi connectivity index (χ2n) is 17.8. The molecule has 0 aliphatic carbocycles. The number of sulfonamides is 1. The zero-order valence-corrected chi connectivity index (χ0v) is 38.0. The van der Waals surface area contributed by atoms with Gasteiger partial charge in [0.2, 0.25) is 10.0 Å². The van der Waals surface area contributed by atoms with Crippen molar-refractivity contribution in [3.63, 3.8) is 0 Å². The fourth-order valence-corrected chi connectivity index (χ4v) is 11.7. The van der Waals surface area contributed by atoms with Gasteiger partial charge in [-0.2, -0.15) is 0 Å². The number of likely N-dealkylation sites (N-methyl/N-ethyl adjacent to an activating group) is 1. The summed E-state index contributed by atoms with van der Waals surface area (Å²) in [6.45, 7) is 12.9. The molecule has 0 spiro atoms. The molecule has 20 heteroatoms. The van der Waals surface area contributed by atoms with Crippen molar-refractivity contribution >= 4 is 55.5 Å². The molecule has 5 heterocycles. The summed E-state index contributed by atoms with van der Waals surface area (Å²) in [6.07, 6.45) is -7.23. The van der Waals surface area contributed by atoms with E-state index in [4.69, 9.17) is 28.4 Å². The number of nitrogens with zero attached hydrogens (tertiary/aromatic N) is 2. The van der Waals surface area contributed by atoms with Crippen LogP contribution in [0.5, 0.6) is 0 Å². The largest absolute Gasteiger partial charge is 0.458 e. The highest BCUT2D eigenvalue weighted by atomic mass is 32.2. The van der Waals surface area contributed by atoms with Gasteiger partial charge in [-0.15, -0.1) is 11.3 Å². The maximum absolute atomic E-state index is 14.5. The fraction of sp³-hybridized carbons (Fsp3) is 0.732. The minimum absolute atomic E-state index is 0.0294. The molecule has 4 saturated heterocycles. The van der Waals surface area contributed by atoms with Crippen molar-refractivity contribution in [3.8, 4) is 0 Å². The van der Waals surface area contributed by atoms with Crippen LogP contribution in [0.4, 0.5) is 9.59 Å². The van der Waals surface area contributed by atoms with E-state index in [0.717, 1.165) is 0 Å². The molecular weight excluding hydrogens is 835 g/mol. The molecule has 340 valence electrons. The van der Waals surface area contributed by atoms with Crippen LogP contribution in [0.15, 0.2) is 28.6 Å². The van der Waals surface area contributed by atoms with Gasteiger partial charge < -0.3 is 49.1 Å². The Morgan fingerprint density at radius 2 is 1.77 bits per heavy atom. The van der Waals surface area contributed by atoms with Gasteiger partial charge in [0.05, 0.1) is 57.4 Å². The number of cyclic esters (lactones) is 1. The van der Waals surface area contributed by atoms with Gasteiger partial charge in [0.1, 0.15) is 29.7 Å². The molecule has 1 aromatic carbocycles. The molecule has 0 saturated carbocycles. The van der Waals surface area contributed by atoms with Crippen molar-refractivity contribution < 1.29 is 61.1 Å². The summed E-state index contributed by atoms with van der Waals surface area (Å²) < 4.78 is 69.1. The Hall–Kier alpha value is -3.50. The lowest BCUT2D eigenvalue weighted by Crippen LogP contribution is -2.61. The van der Waals surface area contributed by atoms with E-state index in [1.54, 1.807) is 60.0 Å². The van der Waals surface area contributed by atoms with Gasteiger partial charge in [-0.25, -0.2) is 27.7 Å². The summed E-state index contributed by atoms with van der Waals surface area (Å²) in [7, 11) is -0.540. The lowest BCUT2D eigenvalue weighted by atomic mass is 9.73. The van der Waals surface area contributed by atoms with Crippen molar-refractivity contribution in [2.45, 2.75) is 146 Å². The van der Waals surface area contributed by atoms with E-state index < -0.39 is 106 Å². The van der Waals surface area contributed by atoms with E-state index in [1.807, 2.05) is 25.9 Å². The quantitative estimate of drug-likeness (QED) is 0.231. The van der Waals surface area contributed by atoms with Crippen molar-refractivity contribution in [2.75, 3.05) is 27.2 Å². The molecule has 2 amide bonds. The lowest BCUT2D eigenvalue weighted by Gasteiger charge is -2.48. The van der Waals surface area contributed by atoms with Crippen LogP contribution in [0.25, 0.3) is 10.2 Å². The third-order valence-corrected chi connectivity index (χ3v) is 15.2. The number of amides is 2. The number of aromatic nitrogens is 1. The molecule has 4 N–H and O–H groups in total. The smallest absolute Gasteiger partial charge is 0.408 e. The number of ketones is 1. The summed E-state index contributed by atoms with van der Waals surface area (Å²) in [5.41, 5.74) is -0.891. The Morgan fingerprint density at radius 1 is 1.05 bits per heavy atom. The molecule has 4 aliphatic rings. The molecule has 15 atom stereocenters. The molecule has 2 bridgehead atoms. The number of benzene rings is 1. The van der Waals surface area contributed by atoms with Gasteiger partial charge in [-0.05, 0) is 79.3 Å². The number of Topliss-reactive ketones (excluding diaryl/α,β-unsaturated/α-hetero) is 1. The Kier molecular flexibility index (Phi) is 14.1. The highest BCUT2D eigenvalue weighted by molar-refractivity contribution is 7.89. The number of aliphatic hydroxyl groups excluding tert-OH is 1. The van der Waals surface area contributed by atoms with Crippen molar-refractivity contribution in [2.24, 2.45) is 23.7 Å². The molecule has 0 radical (unpaired) electrons. The van der Waals surface area contributed by atoms with Crippen molar-refractivity contribution in [1.82, 2.24) is 25.2 Å². The molecule has 1 aromatic heterocycles. The standard InChI is InChI=1S/C41H61N5O13S2/c1-11-30-41(8)34(44-39(51)59-41)22(4)31(47)20(2)16-40(7)35(57-37-32(48)28(46(9)10)14-21(3)55-37)23(5)33(24(6)36(49)56-30)54-18-25(17-42-38(50)58-40)45-61(52,53)26-12-13-27-29(15-26)60-19-43-27/h12-13,15,19-25,28,30,32-35,37,45,48H,11,14,16-18H2,1-10H3,(H,42,50)(H,44,51)/t20-,21-,22+,23+,24-,25?,28+,30-,32-,33+,34+,35-,37+,40-,41-/m1/s1. The normalized spacial score (nSPS) is 39.6. The third kappa shape index (κ3) is 9.70. The van der Waals surface area contributed by atoms with Gasteiger partial charge in [0, 0.05) is 30.3 Å². The summed E-state index contributed by atoms with van der Waals surface area (Å²) >= 11 is 1.29. The monoisotopic (exact) mass is 895 g/mol. The molecule has 2 aromatic rings. The summed E-state index contributed by atoms with van der Waals surface area (Å²) in [5.74, 6) is -4.70. The average molecular weight is 896 g/mol. The van der Waals surface area contributed by atoms with Crippen LogP contribution in [-0.2, 0) is 48.0 Å². The first kappa shape index (κ1) is 47.0. The third-order valence-electron chi connectivity index (χ3n) is 12.9. The Labute approximate surface area is 361 Å². The van der Waals surface area contributed by atoms with Crippen LogP contribution in [0, 0.1) is 23.7 Å².